The van der Waals surface area contributed by atoms with Crippen LogP contribution in [0.2, 0.25) is 0 Å². The van der Waals surface area contributed by atoms with Crippen molar-refractivity contribution in [1.82, 2.24) is 9.55 Å². The van der Waals surface area contributed by atoms with Crippen LogP contribution in [0, 0.1) is 0 Å². The number of allylic oxidation sites excluding steroid dienone is 1. The van der Waals surface area contributed by atoms with Crippen LogP contribution in [-0.2, 0) is 9.53 Å². The number of aromatic amines is 1. The number of carbonyl (C=O) groups is 1. The van der Waals surface area contributed by atoms with Gasteiger partial charge in [0.25, 0.3) is 5.56 Å². The quantitative estimate of drug-likeness (QED) is 0.315. The minimum absolute atomic E-state index is 0.218. The second kappa shape index (κ2) is 10.0. The Hall–Kier alpha value is -4.43. The number of ether oxygens (including phenoxy) is 2. The molecule has 39 heavy (non-hydrogen) atoms. The number of hydrogen-bond donors (Lipinski definition) is 1. The first-order valence-electron chi connectivity index (χ1n) is 12.9. The topological polar surface area (TPSA) is 85.7 Å². The van der Waals surface area contributed by atoms with E-state index in [0.717, 1.165) is 27.4 Å². The van der Waals surface area contributed by atoms with E-state index < -0.39 is 12.0 Å². The van der Waals surface area contributed by atoms with E-state index in [2.05, 4.69) is 28.2 Å². The number of hydrogen-bond acceptors (Lipinski definition) is 6. The molecule has 7 nitrogen and oxygen atoms in total. The summed E-state index contributed by atoms with van der Waals surface area (Å²) in [6, 6.07) is 21.0. The van der Waals surface area contributed by atoms with Crippen LogP contribution in [-0.4, -0.2) is 28.7 Å². The Morgan fingerprint density at radius 1 is 1.03 bits per heavy atom. The Bertz CT molecular complexity index is 1960. The highest BCUT2D eigenvalue weighted by Crippen LogP contribution is 2.36. The van der Waals surface area contributed by atoms with E-state index >= 15 is 0 Å². The van der Waals surface area contributed by atoms with Crippen molar-refractivity contribution < 1.29 is 14.3 Å². The summed E-state index contributed by atoms with van der Waals surface area (Å²) in [5, 5.41) is 2.22. The van der Waals surface area contributed by atoms with Crippen LogP contribution in [0.4, 0.5) is 0 Å². The van der Waals surface area contributed by atoms with Crippen molar-refractivity contribution in [2.24, 2.45) is 4.99 Å². The van der Waals surface area contributed by atoms with Gasteiger partial charge in [-0.15, -0.1) is 0 Å². The SMILES string of the molecule is CCOC(=O)C1=C(C)N=c2s/c(=C\c3ccc4[nH]c5ccccc5c4c3)c(=O)n2[C@@H]1c1ccccc1OCC. The second-order valence-electron chi connectivity index (χ2n) is 9.25. The zero-order chi connectivity index (χ0) is 27.1. The lowest BCUT2D eigenvalue weighted by molar-refractivity contribution is -0.139. The van der Waals surface area contributed by atoms with Crippen LogP contribution in [0.5, 0.6) is 5.75 Å². The maximum absolute atomic E-state index is 14.0. The molecule has 3 aromatic carbocycles. The van der Waals surface area contributed by atoms with Crippen LogP contribution in [0.1, 0.15) is 37.9 Å². The van der Waals surface area contributed by atoms with E-state index in [0.29, 0.717) is 38.5 Å². The molecular weight excluding hydrogens is 510 g/mol. The summed E-state index contributed by atoms with van der Waals surface area (Å²) in [5.74, 6) is 0.120. The van der Waals surface area contributed by atoms with Crippen LogP contribution in [0.25, 0.3) is 27.9 Å². The molecular formula is C31H27N3O4S. The van der Waals surface area contributed by atoms with Gasteiger partial charge >= 0.3 is 5.97 Å². The fraction of sp³-hybridized carbons (Fsp3) is 0.194. The lowest BCUT2D eigenvalue weighted by Crippen LogP contribution is -2.40. The first-order valence-corrected chi connectivity index (χ1v) is 13.7. The number of nitrogens with zero attached hydrogens (tertiary/aromatic N) is 2. The first kappa shape index (κ1) is 24.9. The van der Waals surface area contributed by atoms with Gasteiger partial charge in [-0.3, -0.25) is 9.36 Å². The highest BCUT2D eigenvalue weighted by molar-refractivity contribution is 7.07. The van der Waals surface area contributed by atoms with Gasteiger partial charge in [0, 0.05) is 27.4 Å². The van der Waals surface area contributed by atoms with Gasteiger partial charge in [0.2, 0.25) is 0 Å². The number of carbonyl (C=O) groups excluding carboxylic acids is 1. The molecule has 0 saturated heterocycles. The molecule has 1 N–H and O–H groups in total. The maximum Gasteiger partial charge on any atom is 0.338 e. The second-order valence-corrected chi connectivity index (χ2v) is 10.3. The predicted octanol–water partition coefficient (Wildman–Crippen LogP) is 4.83. The molecule has 3 heterocycles. The third kappa shape index (κ3) is 4.27. The van der Waals surface area contributed by atoms with Crippen LogP contribution in [0.3, 0.4) is 0 Å². The molecule has 1 aliphatic rings. The molecule has 0 aliphatic carbocycles. The summed E-state index contributed by atoms with van der Waals surface area (Å²) in [5.41, 5.74) is 4.37. The Morgan fingerprint density at radius 3 is 2.62 bits per heavy atom. The van der Waals surface area contributed by atoms with Crippen molar-refractivity contribution in [2.75, 3.05) is 13.2 Å². The summed E-state index contributed by atoms with van der Waals surface area (Å²) in [6.07, 6.45) is 1.89. The van der Waals surface area contributed by atoms with Crippen LogP contribution < -0.4 is 19.6 Å². The van der Waals surface area contributed by atoms with Gasteiger partial charge in [-0.2, -0.15) is 0 Å². The Labute approximate surface area is 228 Å². The monoisotopic (exact) mass is 537 g/mol. The third-order valence-corrected chi connectivity index (χ3v) is 7.84. The van der Waals surface area contributed by atoms with Crippen molar-refractivity contribution in [3.8, 4) is 5.75 Å². The predicted molar refractivity (Wildman–Crippen MR) is 154 cm³/mol. The Morgan fingerprint density at radius 2 is 1.79 bits per heavy atom. The normalized spacial score (nSPS) is 15.5. The van der Waals surface area contributed by atoms with E-state index in [1.165, 1.54) is 11.3 Å². The molecule has 0 saturated carbocycles. The molecule has 0 bridgehead atoms. The van der Waals surface area contributed by atoms with E-state index in [9.17, 15) is 9.59 Å². The molecule has 0 unspecified atom stereocenters. The summed E-state index contributed by atoms with van der Waals surface area (Å²) >= 11 is 1.31. The minimum Gasteiger partial charge on any atom is -0.494 e. The molecule has 0 fully saturated rings. The number of H-pyrrole nitrogens is 1. The average Bonchev–Trinajstić information content (AvgIpc) is 3.45. The van der Waals surface area contributed by atoms with Gasteiger partial charge in [-0.25, -0.2) is 9.79 Å². The number of fused-ring (bicyclic) bond motifs is 4. The molecule has 0 amide bonds. The zero-order valence-corrected chi connectivity index (χ0v) is 22.7. The lowest BCUT2D eigenvalue weighted by atomic mass is 9.95. The van der Waals surface area contributed by atoms with Gasteiger partial charge in [0.05, 0.1) is 29.0 Å². The van der Waals surface area contributed by atoms with Crippen molar-refractivity contribution >= 4 is 45.2 Å². The van der Waals surface area contributed by atoms with Gasteiger partial charge in [0.1, 0.15) is 11.8 Å². The van der Waals surface area contributed by atoms with Crippen LogP contribution >= 0.6 is 11.3 Å². The molecule has 0 radical (unpaired) electrons. The molecule has 1 atom stereocenters. The van der Waals surface area contributed by atoms with Gasteiger partial charge in [-0.05, 0) is 56.7 Å². The highest BCUT2D eigenvalue weighted by Gasteiger charge is 2.35. The molecule has 5 aromatic rings. The zero-order valence-electron chi connectivity index (χ0n) is 21.9. The summed E-state index contributed by atoms with van der Waals surface area (Å²) in [6.45, 7) is 6.11. The number of thiazole rings is 1. The van der Waals surface area contributed by atoms with Gasteiger partial charge < -0.3 is 14.5 Å². The molecule has 8 heteroatoms. The standard InChI is InChI=1S/C31H27N3O4S/c1-4-37-25-13-9-7-11-21(25)28-27(30(36)38-5-2)18(3)32-31-34(28)29(35)26(39-31)17-19-14-15-24-22(16-19)20-10-6-8-12-23(20)33-24/h6-17,28,33H,4-5H2,1-3H3/b26-17-/t28-/m1/s1. The minimum atomic E-state index is -0.721. The number of nitrogens with one attached hydrogen (secondary N) is 1. The molecule has 0 spiro atoms. The molecule has 6 rings (SSSR count). The molecule has 1 aliphatic heterocycles. The van der Waals surface area contributed by atoms with Crippen molar-refractivity contribution in [1.29, 1.82) is 0 Å². The number of rotatable bonds is 6. The Balaban J connectivity index is 1.56. The molecule has 2 aromatic heterocycles. The lowest BCUT2D eigenvalue weighted by Gasteiger charge is -2.26. The number of aromatic nitrogens is 2. The van der Waals surface area contributed by atoms with E-state index in [4.69, 9.17) is 9.47 Å². The smallest absolute Gasteiger partial charge is 0.338 e. The van der Waals surface area contributed by atoms with E-state index in [-0.39, 0.29) is 12.2 Å². The third-order valence-electron chi connectivity index (χ3n) is 6.86. The number of para-hydroxylation sites is 2. The summed E-state index contributed by atoms with van der Waals surface area (Å²) in [4.78, 5) is 35.8. The molecule has 196 valence electrons. The maximum atomic E-state index is 14.0. The highest BCUT2D eigenvalue weighted by atomic mass is 32.1. The summed E-state index contributed by atoms with van der Waals surface area (Å²) < 4.78 is 13.4. The van der Waals surface area contributed by atoms with Crippen molar-refractivity contribution in [2.45, 2.75) is 26.8 Å². The summed E-state index contributed by atoms with van der Waals surface area (Å²) in [7, 11) is 0. The average molecular weight is 538 g/mol. The van der Waals surface area contributed by atoms with Crippen LogP contribution in [0.15, 0.2) is 87.8 Å². The number of esters is 1. The van der Waals surface area contributed by atoms with E-state index in [1.807, 2.05) is 61.5 Å². The Kier molecular flexibility index (Phi) is 6.40. The van der Waals surface area contributed by atoms with Crippen molar-refractivity contribution in [3.63, 3.8) is 0 Å². The van der Waals surface area contributed by atoms with Gasteiger partial charge in [-0.1, -0.05) is 53.8 Å². The fourth-order valence-corrected chi connectivity index (χ4v) is 6.23. The first-order chi connectivity index (χ1) is 19.0. The fourth-order valence-electron chi connectivity index (χ4n) is 5.19. The van der Waals surface area contributed by atoms with E-state index in [1.54, 1.807) is 18.4 Å². The largest absolute Gasteiger partial charge is 0.494 e. The van der Waals surface area contributed by atoms with Crippen molar-refractivity contribution in [3.05, 3.63) is 109 Å². The van der Waals surface area contributed by atoms with Gasteiger partial charge in [0.15, 0.2) is 4.80 Å². The number of benzene rings is 3.